The molecule has 0 aliphatic rings. The molecule has 0 radical (unpaired) electrons. The number of carbonyl (C=O) groups is 1. The van der Waals surface area contributed by atoms with Gasteiger partial charge >= 0.3 is 0 Å². The van der Waals surface area contributed by atoms with E-state index in [1.807, 2.05) is 33.1 Å². The maximum atomic E-state index is 13.8. The monoisotopic (exact) mass is 390 g/mol. The largest absolute Gasteiger partial charge is 0.329 e. The van der Waals surface area contributed by atoms with Crippen LogP contribution in [0.2, 0.25) is 0 Å². The predicted octanol–water partition coefficient (Wildman–Crippen LogP) is 5.44. The number of hydrogen-bond acceptors (Lipinski definition) is 6. The number of rotatable bonds is 4. The van der Waals surface area contributed by atoms with Gasteiger partial charge < -0.3 is 10.6 Å². The van der Waals surface area contributed by atoms with E-state index in [1.165, 1.54) is 28.7 Å². The van der Waals surface area contributed by atoms with Crippen molar-refractivity contribution in [2.45, 2.75) is 27.7 Å². The van der Waals surface area contributed by atoms with Gasteiger partial charge in [-0.05, 0) is 19.1 Å². The fourth-order valence-corrected chi connectivity index (χ4v) is 3.80. The SMILES string of the molecule is Cc1nc(NC(=O)C(C)(C)C)sc1-c1csc(Nc2ccccc2F)n1. The van der Waals surface area contributed by atoms with Crippen molar-refractivity contribution >= 4 is 44.5 Å². The quantitative estimate of drug-likeness (QED) is 0.622. The topological polar surface area (TPSA) is 66.9 Å². The van der Waals surface area contributed by atoms with Crippen LogP contribution in [0.5, 0.6) is 0 Å². The highest BCUT2D eigenvalue weighted by Gasteiger charge is 2.23. The zero-order valence-electron chi connectivity index (χ0n) is 14.9. The molecule has 2 aromatic heterocycles. The molecule has 2 heterocycles. The second-order valence-electron chi connectivity index (χ2n) is 6.78. The van der Waals surface area contributed by atoms with Crippen LogP contribution in [-0.2, 0) is 4.79 Å². The molecule has 0 saturated heterocycles. The number of para-hydroxylation sites is 1. The smallest absolute Gasteiger partial charge is 0.231 e. The van der Waals surface area contributed by atoms with E-state index < -0.39 is 5.41 Å². The molecular weight excluding hydrogens is 371 g/mol. The molecule has 0 fully saturated rings. The molecule has 0 aliphatic carbocycles. The molecule has 0 saturated carbocycles. The summed E-state index contributed by atoms with van der Waals surface area (Å²) in [7, 11) is 0. The van der Waals surface area contributed by atoms with Crippen molar-refractivity contribution in [2.75, 3.05) is 10.6 Å². The normalized spacial score (nSPS) is 11.4. The van der Waals surface area contributed by atoms with Gasteiger partial charge in [0.25, 0.3) is 0 Å². The minimum Gasteiger partial charge on any atom is -0.329 e. The van der Waals surface area contributed by atoms with Crippen molar-refractivity contribution in [2.24, 2.45) is 5.41 Å². The van der Waals surface area contributed by atoms with E-state index >= 15 is 0 Å². The van der Waals surface area contributed by atoms with Crippen molar-refractivity contribution in [1.82, 2.24) is 9.97 Å². The average molecular weight is 391 g/mol. The van der Waals surface area contributed by atoms with E-state index in [1.54, 1.807) is 18.2 Å². The van der Waals surface area contributed by atoms with Gasteiger partial charge in [0.05, 0.1) is 22.0 Å². The Balaban J connectivity index is 1.79. The summed E-state index contributed by atoms with van der Waals surface area (Å²) in [6, 6.07) is 6.46. The van der Waals surface area contributed by atoms with Crippen molar-refractivity contribution in [3.8, 4) is 10.6 Å². The lowest BCUT2D eigenvalue weighted by molar-refractivity contribution is -0.123. The highest BCUT2D eigenvalue weighted by molar-refractivity contribution is 7.20. The van der Waals surface area contributed by atoms with Gasteiger partial charge in [-0.25, -0.2) is 14.4 Å². The molecule has 2 N–H and O–H groups in total. The molecule has 0 atom stereocenters. The van der Waals surface area contributed by atoms with Gasteiger partial charge in [-0.3, -0.25) is 4.79 Å². The van der Waals surface area contributed by atoms with Crippen LogP contribution in [-0.4, -0.2) is 15.9 Å². The number of amides is 1. The fourth-order valence-electron chi connectivity index (χ4n) is 2.09. The fraction of sp³-hybridized carbons (Fsp3) is 0.278. The van der Waals surface area contributed by atoms with E-state index in [-0.39, 0.29) is 11.7 Å². The molecule has 26 heavy (non-hydrogen) atoms. The number of nitrogens with zero attached hydrogens (tertiary/aromatic N) is 2. The van der Waals surface area contributed by atoms with Crippen molar-refractivity contribution in [3.05, 3.63) is 41.2 Å². The number of nitrogens with one attached hydrogen (secondary N) is 2. The molecule has 5 nitrogen and oxygen atoms in total. The van der Waals surface area contributed by atoms with Crippen LogP contribution in [0.4, 0.5) is 20.3 Å². The third kappa shape index (κ3) is 4.08. The summed E-state index contributed by atoms with van der Waals surface area (Å²) in [4.78, 5) is 21.9. The lowest BCUT2D eigenvalue weighted by Gasteiger charge is -2.15. The number of thiazole rings is 2. The van der Waals surface area contributed by atoms with Crippen LogP contribution < -0.4 is 10.6 Å². The first kappa shape index (κ1) is 18.5. The van der Waals surface area contributed by atoms with Crippen molar-refractivity contribution in [3.63, 3.8) is 0 Å². The number of carbonyl (C=O) groups excluding carboxylic acids is 1. The summed E-state index contributed by atoms with van der Waals surface area (Å²) < 4.78 is 13.8. The highest BCUT2D eigenvalue weighted by Crippen LogP contribution is 2.35. The Morgan fingerprint density at radius 3 is 2.58 bits per heavy atom. The Kier molecular flexibility index (Phi) is 5.06. The van der Waals surface area contributed by atoms with Gasteiger partial charge in [-0.2, -0.15) is 0 Å². The predicted molar refractivity (Wildman–Crippen MR) is 106 cm³/mol. The van der Waals surface area contributed by atoms with E-state index in [4.69, 9.17) is 0 Å². The Morgan fingerprint density at radius 1 is 1.15 bits per heavy atom. The van der Waals surface area contributed by atoms with Gasteiger partial charge in [0, 0.05) is 10.8 Å². The number of halogens is 1. The van der Waals surface area contributed by atoms with Crippen LogP contribution in [0.1, 0.15) is 26.5 Å². The first-order chi connectivity index (χ1) is 12.2. The van der Waals surface area contributed by atoms with Crippen molar-refractivity contribution in [1.29, 1.82) is 0 Å². The van der Waals surface area contributed by atoms with Gasteiger partial charge in [-0.15, -0.1) is 11.3 Å². The Hall–Kier alpha value is -2.32. The summed E-state index contributed by atoms with van der Waals surface area (Å²) in [6.07, 6.45) is 0. The van der Waals surface area contributed by atoms with Gasteiger partial charge in [0.15, 0.2) is 10.3 Å². The van der Waals surface area contributed by atoms with Crippen LogP contribution in [0, 0.1) is 18.2 Å². The molecule has 0 aliphatic heterocycles. The number of aromatic nitrogens is 2. The van der Waals surface area contributed by atoms with E-state index in [2.05, 4.69) is 20.6 Å². The number of benzene rings is 1. The Bertz CT molecular complexity index is 943. The minimum absolute atomic E-state index is 0.0852. The van der Waals surface area contributed by atoms with Crippen LogP contribution in [0.15, 0.2) is 29.6 Å². The number of hydrogen-bond donors (Lipinski definition) is 2. The van der Waals surface area contributed by atoms with E-state index in [0.29, 0.717) is 16.0 Å². The number of aryl methyl sites for hydroxylation is 1. The molecule has 0 unspecified atom stereocenters. The maximum Gasteiger partial charge on any atom is 0.231 e. The average Bonchev–Trinajstić information content (AvgIpc) is 3.15. The molecule has 0 bridgehead atoms. The molecule has 1 amide bonds. The lowest BCUT2D eigenvalue weighted by Crippen LogP contribution is -2.27. The highest BCUT2D eigenvalue weighted by atomic mass is 32.1. The second kappa shape index (κ2) is 7.13. The van der Waals surface area contributed by atoms with Gasteiger partial charge in [-0.1, -0.05) is 44.2 Å². The minimum atomic E-state index is -0.489. The maximum absolute atomic E-state index is 13.8. The van der Waals surface area contributed by atoms with Gasteiger partial charge in [0.1, 0.15) is 5.82 Å². The zero-order chi connectivity index (χ0) is 18.9. The third-order valence-electron chi connectivity index (χ3n) is 3.55. The summed E-state index contributed by atoms with van der Waals surface area (Å²) in [5.41, 5.74) is 1.44. The molecule has 136 valence electrons. The first-order valence-electron chi connectivity index (χ1n) is 8.00. The summed E-state index contributed by atoms with van der Waals surface area (Å²) >= 11 is 2.77. The molecule has 3 aromatic rings. The third-order valence-corrected chi connectivity index (χ3v) is 5.40. The summed E-state index contributed by atoms with van der Waals surface area (Å²) in [5, 5.41) is 8.87. The number of anilines is 3. The molecule has 8 heteroatoms. The van der Waals surface area contributed by atoms with Crippen molar-refractivity contribution < 1.29 is 9.18 Å². The standard InChI is InChI=1S/C18H19FN4OS2/c1-10-14(26-17(20-10)23-15(24)18(2,3)4)13-9-25-16(22-13)21-12-8-6-5-7-11(12)19/h5-9H,1-4H3,(H,21,22)(H,20,23,24). The molecular formula is C18H19FN4OS2. The second-order valence-corrected chi connectivity index (χ2v) is 8.64. The van der Waals surface area contributed by atoms with Crippen LogP contribution in [0.3, 0.4) is 0 Å². The van der Waals surface area contributed by atoms with Crippen LogP contribution in [0.25, 0.3) is 10.6 Å². The summed E-state index contributed by atoms with van der Waals surface area (Å²) in [6.45, 7) is 7.43. The zero-order valence-corrected chi connectivity index (χ0v) is 16.5. The van der Waals surface area contributed by atoms with Crippen LogP contribution >= 0.6 is 22.7 Å². The lowest BCUT2D eigenvalue weighted by atomic mass is 9.96. The van der Waals surface area contributed by atoms with E-state index in [9.17, 15) is 9.18 Å². The summed E-state index contributed by atoms with van der Waals surface area (Å²) in [5.74, 6) is -0.414. The Labute approximate surface area is 159 Å². The molecule has 0 spiro atoms. The molecule has 1 aromatic carbocycles. The molecule has 3 rings (SSSR count). The Morgan fingerprint density at radius 2 is 1.88 bits per heavy atom. The van der Waals surface area contributed by atoms with E-state index in [0.717, 1.165) is 16.3 Å². The van der Waals surface area contributed by atoms with Gasteiger partial charge in [0.2, 0.25) is 5.91 Å². The first-order valence-corrected chi connectivity index (χ1v) is 9.70.